The molecule has 0 atom stereocenters. The standard InChI is InChI=1S/C14H10Br3NO/c15-10-3-1-2-9(6-10)8-18-14(19)12-5-4-11(16)7-13(12)17/h1-7H,8H2,(H,18,19). The van der Waals surface area contributed by atoms with Gasteiger partial charge in [-0.2, -0.15) is 0 Å². The summed E-state index contributed by atoms with van der Waals surface area (Å²) in [6.07, 6.45) is 0. The number of hydrogen-bond donors (Lipinski definition) is 1. The first-order chi connectivity index (χ1) is 9.06. The predicted octanol–water partition coefficient (Wildman–Crippen LogP) is 4.90. The van der Waals surface area contributed by atoms with Crippen molar-refractivity contribution in [3.63, 3.8) is 0 Å². The summed E-state index contributed by atoms with van der Waals surface area (Å²) in [6, 6.07) is 13.3. The van der Waals surface area contributed by atoms with Crippen LogP contribution in [-0.4, -0.2) is 5.91 Å². The summed E-state index contributed by atoms with van der Waals surface area (Å²) in [6.45, 7) is 0.501. The van der Waals surface area contributed by atoms with Crippen LogP contribution in [0.15, 0.2) is 55.9 Å². The second kappa shape index (κ2) is 6.68. The Hall–Kier alpha value is -0.650. The van der Waals surface area contributed by atoms with E-state index in [1.165, 1.54) is 0 Å². The van der Waals surface area contributed by atoms with E-state index in [4.69, 9.17) is 0 Å². The minimum absolute atomic E-state index is 0.0978. The van der Waals surface area contributed by atoms with Crippen LogP contribution in [0.4, 0.5) is 0 Å². The van der Waals surface area contributed by atoms with E-state index < -0.39 is 0 Å². The lowest BCUT2D eigenvalue weighted by Crippen LogP contribution is -2.23. The smallest absolute Gasteiger partial charge is 0.252 e. The summed E-state index contributed by atoms with van der Waals surface area (Å²) in [5.41, 5.74) is 1.68. The molecule has 5 heteroatoms. The highest BCUT2D eigenvalue weighted by molar-refractivity contribution is 9.11. The van der Waals surface area contributed by atoms with Crippen molar-refractivity contribution < 1.29 is 4.79 Å². The molecule has 0 aromatic heterocycles. The fraction of sp³-hybridized carbons (Fsp3) is 0.0714. The summed E-state index contributed by atoms with van der Waals surface area (Å²) >= 11 is 10.2. The first-order valence-corrected chi connectivity index (χ1v) is 7.92. The normalized spacial score (nSPS) is 10.3. The van der Waals surface area contributed by atoms with E-state index in [2.05, 4.69) is 53.1 Å². The van der Waals surface area contributed by atoms with E-state index >= 15 is 0 Å². The van der Waals surface area contributed by atoms with Crippen molar-refractivity contribution in [2.24, 2.45) is 0 Å². The molecular weight excluding hydrogens is 438 g/mol. The van der Waals surface area contributed by atoms with E-state index in [1.54, 1.807) is 6.07 Å². The fourth-order valence-corrected chi connectivity index (χ4v) is 3.27. The van der Waals surface area contributed by atoms with Gasteiger partial charge in [-0.05, 0) is 51.8 Å². The third kappa shape index (κ3) is 4.16. The Labute approximate surface area is 137 Å². The first-order valence-electron chi connectivity index (χ1n) is 5.54. The van der Waals surface area contributed by atoms with Gasteiger partial charge in [0.15, 0.2) is 0 Å². The molecule has 0 saturated heterocycles. The number of carbonyl (C=O) groups excluding carboxylic acids is 1. The molecule has 2 aromatic carbocycles. The van der Waals surface area contributed by atoms with Crippen molar-refractivity contribution in [3.05, 3.63) is 67.0 Å². The molecule has 0 spiro atoms. The maximum atomic E-state index is 12.1. The largest absolute Gasteiger partial charge is 0.348 e. The van der Waals surface area contributed by atoms with E-state index in [0.717, 1.165) is 19.0 Å². The predicted molar refractivity (Wildman–Crippen MR) is 87.2 cm³/mol. The Balaban J connectivity index is 2.05. The second-order valence-electron chi connectivity index (χ2n) is 3.94. The van der Waals surface area contributed by atoms with Gasteiger partial charge in [-0.3, -0.25) is 4.79 Å². The van der Waals surface area contributed by atoms with Crippen LogP contribution in [0.2, 0.25) is 0 Å². The van der Waals surface area contributed by atoms with E-state index in [9.17, 15) is 4.79 Å². The molecule has 2 aromatic rings. The molecule has 2 rings (SSSR count). The van der Waals surface area contributed by atoms with E-state index in [0.29, 0.717) is 12.1 Å². The topological polar surface area (TPSA) is 29.1 Å². The molecule has 2 nitrogen and oxygen atoms in total. The summed E-state index contributed by atoms with van der Waals surface area (Å²) in [7, 11) is 0. The summed E-state index contributed by atoms with van der Waals surface area (Å²) in [5, 5.41) is 2.90. The van der Waals surface area contributed by atoms with Gasteiger partial charge in [0.1, 0.15) is 0 Å². The van der Waals surface area contributed by atoms with Crippen LogP contribution in [-0.2, 0) is 6.54 Å². The molecule has 1 N–H and O–H groups in total. The van der Waals surface area contributed by atoms with E-state index in [1.807, 2.05) is 36.4 Å². The summed E-state index contributed by atoms with van der Waals surface area (Å²) in [4.78, 5) is 12.1. The van der Waals surface area contributed by atoms with Gasteiger partial charge in [-0.25, -0.2) is 0 Å². The van der Waals surface area contributed by atoms with Crippen LogP contribution in [0.3, 0.4) is 0 Å². The summed E-state index contributed by atoms with van der Waals surface area (Å²) in [5.74, 6) is -0.0978. The Kier molecular flexibility index (Phi) is 5.19. The monoisotopic (exact) mass is 445 g/mol. The van der Waals surface area contributed by atoms with E-state index in [-0.39, 0.29) is 5.91 Å². The van der Waals surface area contributed by atoms with Crippen molar-refractivity contribution in [2.45, 2.75) is 6.54 Å². The second-order valence-corrected chi connectivity index (χ2v) is 6.62. The van der Waals surface area contributed by atoms with Gasteiger partial charge in [0, 0.05) is 20.0 Å². The first kappa shape index (κ1) is 14.8. The molecule has 0 aliphatic rings. The van der Waals surface area contributed by atoms with Gasteiger partial charge >= 0.3 is 0 Å². The quantitative estimate of drug-likeness (QED) is 0.712. The third-order valence-corrected chi connectivity index (χ3v) is 4.16. The van der Waals surface area contributed by atoms with Gasteiger partial charge < -0.3 is 5.32 Å². The number of nitrogens with one attached hydrogen (secondary N) is 1. The van der Waals surface area contributed by atoms with Crippen LogP contribution in [0.5, 0.6) is 0 Å². The maximum absolute atomic E-state index is 12.1. The Morgan fingerprint density at radius 1 is 1.00 bits per heavy atom. The van der Waals surface area contributed by atoms with Gasteiger partial charge in [0.2, 0.25) is 0 Å². The highest BCUT2D eigenvalue weighted by Gasteiger charge is 2.09. The lowest BCUT2D eigenvalue weighted by atomic mass is 10.2. The van der Waals surface area contributed by atoms with Crippen LogP contribution >= 0.6 is 47.8 Å². The zero-order valence-corrected chi connectivity index (χ0v) is 14.5. The molecule has 1 amide bonds. The number of carbonyl (C=O) groups is 1. The number of amides is 1. The molecule has 0 unspecified atom stereocenters. The molecule has 0 heterocycles. The minimum Gasteiger partial charge on any atom is -0.348 e. The molecule has 0 radical (unpaired) electrons. The van der Waals surface area contributed by atoms with Crippen molar-refractivity contribution in [1.82, 2.24) is 5.32 Å². The molecule has 0 saturated carbocycles. The Bertz CT molecular complexity index is 613. The molecule has 0 aliphatic carbocycles. The van der Waals surface area contributed by atoms with Gasteiger partial charge in [0.05, 0.1) is 5.56 Å². The Morgan fingerprint density at radius 3 is 2.42 bits per heavy atom. The van der Waals surface area contributed by atoms with Gasteiger partial charge in [0.25, 0.3) is 5.91 Å². The third-order valence-electron chi connectivity index (χ3n) is 2.52. The molecule has 19 heavy (non-hydrogen) atoms. The molecule has 98 valence electrons. The minimum atomic E-state index is -0.0978. The zero-order chi connectivity index (χ0) is 13.8. The van der Waals surface area contributed by atoms with Crippen molar-refractivity contribution >= 4 is 53.7 Å². The highest BCUT2D eigenvalue weighted by atomic mass is 79.9. The van der Waals surface area contributed by atoms with Gasteiger partial charge in [-0.1, -0.05) is 44.0 Å². The maximum Gasteiger partial charge on any atom is 0.252 e. The van der Waals surface area contributed by atoms with Crippen molar-refractivity contribution in [1.29, 1.82) is 0 Å². The SMILES string of the molecule is O=C(NCc1cccc(Br)c1)c1ccc(Br)cc1Br. The molecule has 0 aliphatic heterocycles. The Morgan fingerprint density at radius 2 is 1.74 bits per heavy atom. The number of benzene rings is 2. The fourth-order valence-electron chi connectivity index (χ4n) is 1.60. The highest BCUT2D eigenvalue weighted by Crippen LogP contribution is 2.22. The zero-order valence-electron chi connectivity index (χ0n) is 9.79. The number of rotatable bonds is 3. The molecular formula is C14H10Br3NO. The summed E-state index contributed by atoms with van der Waals surface area (Å²) < 4.78 is 2.71. The number of halogens is 3. The van der Waals surface area contributed by atoms with Gasteiger partial charge in [-0.15, -0.1) is 0 Å². The lowest BCUT2D eigenvalue weighted by Gasteiger charge is -2.07. The van der Waals surface area contributed by atoms with Crippen molar-refractivity contribution in [3.8, 4) is 0 Å². The average molecular weight is 448 g/mol. The molecule has 0 bridgehead atoms. The lowest BCUT2D eigenvalue weighted by molar-refractivity contribution is 0.0950. The average Bonchev–Trinajstić information content (AvgIpc) is 2.36. The van der Waals surface area contributed by atoms with Crippen molar-refractivity contribution in [2.75, 3.05) is 0 Å². The van der Waals surface area contributed by atoms with Crippen LogP contribution in [0, 0.1) is 0 Å². The van der Waals surface area contributed by atoms with Crippen LogP contribution in [0.1, 0.15) is 15.9 Å². The molecule has 0 fully saturated rings. The van der Waals surface area contributed by atoms with Crippen LogP contribution in [0.25, 0.3) is 0 Å². The number of hydrogen-bond acceptors (Lipinski definition) is 1. The van der Waals surface area contributed by atoms with Crippen LogP contribution < -0.4 is 5.32 Å².